The van der Waals surface area contributed by atoms with Crippen molar-refractivity contribution < 1.29 is 9.53 Å². The molecule has 0 aromatic rings. The lowest BCUT2D eigenvalue weighted by atomic mass is 9.84. The average molecular weight is 236 g/mol. The van der Waals surface area contributed by atoms with Gasteiger partial charge in [-0.3, -0.25) is 0 Å². The van der Waals surface area contributed by atoms with E-state index in [0.717, 1.165) is 25.7 Å². The number of allylic oxidation sites excluding steroid dienone is 2. The van der Waals surface area contributed by atoms with Crippen molar-refractivity contribution in [2.24, 2.45) is 5.92 Å². The van der Waals surface area contributed by atoms with Crippen LogP contribution in [0.5, 0.6) is 0 Å². The van der Waals surface area contributed by atoms with Crippen molar-refractivity contribution >= 4 is 5.97 Å². The van der Waals surface area contributed by atoms with Gasteiger partial charge >= 0.3 is 5.97 Å². The number of ether oxygens (including phenoxy) is 1. The Balaban J connectivity index is 2.64. The van der Waals surface area contributed by atoms with Gasteiger partial charge in [0.15, 0.2) is 0 Å². The Bertz CT molecular complexity index is 337. The number of rotatable bonds is 3. The Labute approximate surface area is 105 Å². The molecule has 0 aromatic heterocycles. The van der Waals surface area contributed by atoms with Gasteiger partial charge in [0.2, 0.25) is 0 Å². The van der Waals surface area contributed by atoms with Crippen LogP contribution in [0, 0.1) is 5.92 Å². The van der Waals surface area contributed by atoms with E-state index in [0.29, 0.717) is 11.5 Å². The summed E-state index contributed by atoms with van der Waals surface area (Å²) in [4.78, 5) is 11.6. The summed E-state index contributed by atoms with van der Waals surface area (Å²) >= 11 is 0. The van der Waals surface area contributed by atoms with E-state index in [2.05, 4.69) is 19.6 Å². The van der Waals surface area contributed by atoms with Gasteiger partial charge in [0, 0.05) is 5.57 Å². The molecule has 2 nitrogen and oxygen atoms in total. The maximum atomic E-state index is 11.6. The molecule has 1 aliphatic carbocycles. The number of esters is 1. The first-order chi connectivity index (χ1) is 7.83. The minimum atomic E-state index is -0.394. The molecule has 17 heavy (non-hydrogen) atoms. The van der Waals surface area contributed by atoms with Crippen molar-refractivity contribution in [3.8, 4) is 0 Å². The fourth-order valence-corrected chi connectivity index (χ4v) is 2.28. The Morgan fingerprint density at radius 2 is 2.12 bits per heavy atom. The SMILES string of the molecule is C=C(C)C(=O)OC(C)(C)C1CCC=C(C)CC1. The molecule has 2 heteroatoms. The summed E-state index contributed by atoms with van der Waals surface area (Å²) in [5.41, 5.74) is 1.53. The lowest BCUT2D eigenvalue weighted by Gasteiger charge is -2.33. The van der Waals surface area contributed by atoms with E-state index in [4.69, 9.17) is 4.74 Å². The zero-order chi connectivity index (χ0) is 13.1. The molecule has 1 rings (SSSR count). The molecule has 0 heterocycles. The summed E-state index contributed by atoms with van der Waals surface area (Å²) in [6, 6.07) is 0. The molecule has 0 spiro atoms. The molecule has 0 bridgehead atoms. The second-order valence-electron chi connectivity index (χ2n) is 5.64. The van der Waals surface area contributed by atoms with Crippen molar-refractivity contribution in [1.29, 1.82) is 0 Å². The first-order valence-corrected chi connectivity index (χ1v) is 6.37. The van der Waals surface area contributed by atoms with Gasteiger partial charge in [0.25, 0.3) is 0 Å². The van der Waals surface area contributed by atoms with Crippen molar-refractivity contribution in [1.82, 2.24) is 0 Å². The molecule has 0 radical (unpaired) electrons. The number of carbonyl (C=O) groups excluding carboxylic acids is 1. The summed E-state index contributed by atoms with van der Waals surface area (Å²) in [6.07, 6.45) is 6.69. The average Bonchev–Trinajstić information content (AvgIpc) is 2.42. The van der Waals surface area contributed by atoms with E-state index in [9.17, 15) is 4.79 Å². The van der Waals surface area contributed by atoms with Crippen LogP contribution >= 0.6 is 0 Å². The highest BCUT2D eigenvalue weighted by Gasteiger charge is 2.33. The van der Waals surface area contributed by atoms with Gasteiger partial charge in [-0.2, -0.15) is 0 Å². The molecular formula is C15H24O2. The molecule has 0 amide bonds. The zero-order valence-corrected chi connectivity index (χ0v) is 11.5. The third kappa shape index (κ3) is 4.03. The van der Waals surface area contributed by atoms with Crippen LogP contribution in [0.3, 0.4) is 0 Å². The van der Waals surface area contributed by atoms with Crippen LogP contribution in [-0.4, -0.2) is 11.6 Å². The highest BCUT2D eigenvalue weighted by Crippen LogP contribution is 2.34. The summed E-state index contributed by atoms with van der Waals surface area (Å²) in [5.74, 6) is 0.156. The Morgan fingerprint density at radius 3 is 2.71 bits per heavy atom. The fourth-order valence-electron chi connectivity index (χ4n) is 2.28. The van der Waals surface area contributed by atoms with Gasteiger partial charge in [0.05, 0.1) is 0 Å². The lowest BCUT2D eigenvalue weighted by molar-refractivity contribution is -0.157. The number of hydrogen-bond donors (Lipinski definition) is 0. The van der Waals surface area contributed by atoms with E-state index >= 15 is 0 Å². The minimum absolute atomic E-state index is 0.274. The molecule has 1 unspecified atom stereocenters. The standard InChI is InChI=1S/C15H24O2/c1-11(2)14(16)17-15(4,5)13-8-6-7-12(3)9-10-13/h7,13H,1,6,8-10H2,2-5H3. The van der Waals surface area contributed by atoms with Gasteiger partial charge in [0.1, 0.15) is 5.60 Å². The van der Waals surface area contributed by atoms with Gasteiger partial charge < -0.3 is 4.74 Å². The topological polar surface area (TPSA) is 26.3 Å². The number of hydrogen-bond acceptors (Lipinski definition) is 2. The van der Waals surface area contributed by atoms with Crippen LogP contribution in [0.15, 0.2) is 23.8 Å². The van der Waals surface area contributed by atoms with Crippen molar-refractivity contribution in [2.75, 3.05) is 0 Å². The van der Waals surface area contributed by atoms with Crippen molar-refractivity contribution in [3.63, 3.8) is 0 Å². The molecule has 0 saturated carbocycles. The largest absolute Gasteiger partial charge is 0.456 e. The summed E-state index contributed by atoms with van der Waals surface area (Å²) in [6.45, 7) is 11.5. The maximum absolute atomic E-state index is 11.6. The molecule has 1 aliphatic rings. The van der Waals surface area contributed by atoms with E-state index < -0.39 is 5.60 Å². The van der Waals surface area contributed by atoms with Gasteiger partial charge in [-0.25, -0.2) is 4.79 Å². The first-order valence-electron chi connectivity index (χ1n) is 6.37. The summed E-state index contributed by atoms with van der Waals surface area (Å²) < 4.78 is 5.57. The van der Waals surface area contributed by atoms with Crippen LogP contribution in [-0.2, 0) is 9.53 Å². The van der Waals surface area contributed by atoms with Gasteiger partial charge in [-0.15, -0.1) is 0 Å². The third-order valence-electron chi connectivity index (χ3n) is 3.58. The molecule has 0 aliphatic heterocycles. The number of carbonyl (C=O) groups is 1. The molecule has 0 aromatic carbocycles. The maximum Gasteiger partial charge on any atom is 0.333 e. The molecule has 0 saturated heterocycles. The van der Waals surface area contributed by atoms with E-state index in [1.54, 1.807) is 6.92 Å². The predicted octanol–water partition coefficient (Wildman–Crippen LogP) is 4.02. The van der Waals surface area contributed by atoms with Gasteiger partial charge in [-0.1, -0.05) is 18.2 Å². The van der Waals surface area contributed by atoms with E-state index in [1.165, 1.54) is 5.57 Å². The minimum Gasteiger partial charge on any atom is -0.456 e. The third-order valence-corrected chi connectivity index (χ3v) is 3.58. The predicted molar refractivity (Wildman–Crippen MR) is 70.7 cm³/mol. The summed E-state index contributed by atoms with van der Waals surface area (Å²) in [7, 11) is 0. The smallest absolute Gasteiger partial charge is 0.333 e. The highest BCUT2D eigenvalue weighted by molar-refractivity contribution is 5.87. The zero-order valence-electron chi connectivity index (χ0n) is 11.5. The first kappa shape index (κ1) is 14.0. The van der Waals surface area contributed by atoms with Crippen LogP contribution in [0.2, 0.25) is 0 Å². The monoisotopic (exact) mass is 236 g/mol. The van der Waals surface area contributed by atoms with Crippen molar-refractivity contribution in [3.05, 3.63) is 23.8 Å². The Morgan fingerprint density at radius 1 is 1.47 bits per heavy atom. The van der Waals surface area contributed by atoms with Crippen LogP contribution in [0.25, 0.3) is 0 Å². The van der Waals surface area contributed by atoms with E-state index in [1.807, 2.05) is 13.8 Å². The second kappa shape index (κ2) is 5.52. The Kier molecular flexibility index (Phi) is 4.55. The summed E-state index contributed by atoms with van der Waals surface area (Å²) in [5, 5.41) is 0. The Hall–Kier alpha value is -1.05. The van der Waals surface area contributed by atoms with Crippen molar-refractivity contribution in [2.45, 2.75) is 59.0 Å². The fraction of sp³-hybridized carbons (Fsp3) is 0.667. The van der Waals surface area contributed by atoms with Crippen LogP contribution in [0.4, 0.5) is 0 Å². The lowest BCUT2D eigenvalue weighted by Crippen LogP contribution is -2.36. The molecule has 1 atom stereocenters. The molecule has 96 valence electrons. The quantitative estimate of drug-likeness (QED) is 0.420. The normalized spacial score (nSPS) is 21.4. The van der Waals surface area contributed by atoms with Crippen LogP contribution < -0.4 is 0 Å². The molecular weight excluding hydrogens is 212 g/mol. The van der Waals surface area contributed by atoms with E-state index in [-0.39, 0.29) is 5.97 Å². The highest BCUT2D eigenvalue weighted by atomic mass is 16.6. The molecule has 0 N–H and O–H groups in total. The van der Waals surface area contributed by atoms with Gasteiger partial charge in [-0.05, 0) is 59.3 Å². The van der Waals surface area contributed by atoms with Crippen LogP contribution in [0.1, 0.15) is 53.4 Å². The molecule has 0 fully saturated rings. The second-order valence-corrected chi connectivity index (χ2v) is 5.64.